The van der Waals surface area contributed by atoms with Crippen molar-refractivity contribution in [3.63, 3.8) is 0 Å². The smallest absolute Gasteiger partial charge is 0.209 e. The van der Waals surface area contributed by atoms with Crippen LogP contribution in [-0.4, -0.2) is 48.4 Å². The van der Waals surface area contributed by atoms with Crippen molar-refractivity contribution >= 4 is 20.9 Å². The van der Waals surface area contributed by atoms with E-state index < -0.39 is 9.84 Å². The number of benzene rings is 1. The van der Waals surface area contributed by atoms with E-state index in [0.717, 1.165) is 13.0 Å². The van der Waals surface area contributed by atoms with Crippen molar-refractivity contribution in [2.24, 2.45) is 0 Å². The molecule has 0 spiro atoms. The molecule has 0 saturated carbocycles. The van der Waals surface area contributed by atoms with Gasteiger partial charge in [0.2, 0.25) is 5.89 Å². The molecule has 7 heteroatoms. The lowest BCUT2D eigenvalue weighted by atomic mass is 10.3. The van der Waals surface area contributed by atoms with Crippen LogP contribution in [-0.2, 0) is 16.4 Å². The van der Waals surface area contributed by atoms with Crippen molar-refractivity contribution in [1.29, 1.82) is 0 Å². The minimum absolute atomic E-state index is 0.0644. The van der Waals surface area contributed by atoms with Gasteiger partial charge in [-0.1, -0.05) is 6.92 Å². The molecular weight excluding hydrogens is 292 g/mol. The Morgan fingerprint density at radius 1 is 1.48 bits per heavy atom. The van der Waals surface area contributed by atoms with Crippen LogP contribution >= 0.6 is 0 Å². The van der Waals surface area contributed by atoms with Crippen LogP contribution in [0.25, 0.3) is 11.1 Å². The number of aliphatic hydroxyl groups is 1. The molecule has 1 N–H and O–H groups in total. The minimum atomic E-state index is -3.24. The number of aromatic nitrogens is 1. The van der Waals surface area contributed by atoms with E-state index in [0.29, 0.717) is 30.1 Å². The summed E-state index contributed by atoms with van der Waals surface area (Å²) in [6.07, 6.45) is 0.481. The van der Waals surface area contributed by atoms with Crippen LogP contribution in [0.5, 0.6) is 0 Å². The first-order chi connectivity index (χ1) is 9.98. The largest absolute Gasteiger partial charge is 0.439 e. The van der Waals surface area contributed by atoms with E-state index in [1.807, 2.05) is 0 Å². The number of β-amino-alcohol motifs (C(OH)–C–C–N with tert-alkyl or cyclic N) is 1. The van der Waals surface area contributed by atoms with Crippen LogP contribution in [0, 0.1) is 0 Å². The predicted molar refractivity (Wildman–Crippen MR) is 77.6 cm³/mol. The lowest BCUT2D eigenvalue weighted by Gasteiger charge is -2.11. The number of oxazole rings is 1. The number of likely N-dealkylation sites (tertiary alicyclic amines) is 1. The molecule has 1 atom stereocenters. The maximum Gasteiger partial charge on any atom is 0.209 e. The van der Waals surface area contributed by atoms with Crippen molar-refractivity contribution in [2.45, 2.75) is 30.9 Å². The summed E-state index contributed by atoms with van der Waals surface area (Å²) >= 11 is 0. The molecule has 3 rings (SSSR count). The lowest BCUT2D eigenvalue weighted by molar-refractivity contribution is 0.171. The number of rotatable bonds is 4. The summed E-state index contributed by atoms with van der Waals surface area (Å²) in [6.45, 7) is 3.58. The van der Waals surface area contributed by atoms with E-state index >= 15 is 0 Å². The van der Waals surface area contributed by atoms with Gasteiger partial charge in [0.25, 0.3) is 0 Å². The first kappa shape index (κ1) is 14.5. The average molecular weight is 310 g/mol. The molecule has 0 amide bonds. The highest BCUT2D eigenvalue weighted by atomic mass is 32.2. The van der Waals surface area contributed by atoms with Gasteiger partial charge in [0.05, 0.1) is 23.3 Å². The molecule has 1 saturated heterocycles. The number of hydrogen-bond donors (Lipinski definition) is 1. The second-order valence-corrected chi connectivity index (χ2v) is 7.60. The summed E-state index contributed by atoms with van der Waals surface area (Å²) in [5, 5.41) is 9.51. The topological polar surface area (TPSA) is 83.6 Å². The van der Waals surface area contributed by atoms with Crippen LogP contribution in [0.2, 0.25) is 0 Å². The van der Waals surface area contributed by atoms with Gasteiger partial charge in [0.1, 0.15) is 5.52 Å². The SMILES string of the molecule is CCS(=O)(=O)c1ccc2oc(CN3CC[C@H](O)C3)nc2c1. The van der Waals surface area contributed by atoms with Gasteiger partial charge < -0.3 is 9.52 Å². The van der Waals surface area contributed by atoms with Gasteiger partial charge in [0, 0.05) is 13.1 Å². The highest BCUT2D eigenvalue weighted by Crippen LogP contribution is 2.22. The summed E-state index contributed by atoms with van der Waals surface area (Å²) in [7, 11) is -3.24. The summed E-state index contributed by atoms with van der Waals surface area (Å²) in [5.74, 6) is 0.611. The Balaban J connectivity index is 1.86. The molecule has 0 radical (unpaired) electrons. The lowest BCUT2D eigenvalue weighted by Crippen LogP contribution is -2.21. The molecule has 1 aromatic carbocycles. The fourth-order valence-corrected chi connectivity index (χ4v) is 3.43. The van der Waals surface area contributed by atoms with Crippen molar-refractivity contribution < 1.29 is 17.9 Å². The third-order valence-corrected chi connectivity index (χ3v) is 5.48. The van der Waals surface area contributed by atoms with E-state index in [2.05, 4.69) is 9.88 Å². The Morgan fingerprint density at radius 2 is 2.29 bits per heavy atom. The number of hydrogen-bond acceptors (Lipinski definition) is 6. The van der Waals surface area contributed by atoms with Gasteiger partial charge in [-0.15, -0.1) is 0 Å². The fourth-order valence-electron chi connectivity index (χ4n) is 2.53. The van der Waals surface area contributed by atoms with Crippen LogP contribution in [0.1, 0.15) is 19.2 Å². The maximum absolute atomic E-state index is 11.9. The molecule has 114 valence electrons. The Kier molecular flexibility index (Phi) is 3.73. The summed E-state index contributed by atoms with van der Waals surface area (Å²) in [6, 6.07) is 4.75. The normalized spacial score (nSPS) is 20.4. The van der Waals surface area contributed by atoms with E-state index in [4.69, 9.17) is 4.42 Å². The molecule has 1 aliphatic rings. The molecule has 0 aliphatic carbocycles. The predicted octanol–water partition coefficient (Wildman–Crippen LogP) is 1.19. The fraction of sp³-hybridized carbons (Fsp3) is 0.500. The van der Waals surface area contributed by atoms with Crippen molar-refractivity contribution in [3.8, 4) is 0 Å². The molecule has 21 heavy (non-hydrogen) atoms. The third-order valence-electron chi connectivity index (χ3n) is 3.75. The second-order valence-electron chi connectivity index (χ2n) is 5.32. The zero-order valence-corrected chi connectivity index (χ0v) is 12.6. The van der Waals surface area contributed by atoms with Crippen molar-refractivity contribution in [3.05, 3.63) is 24.1 Å². The quantitative estimate of drug-likeness (QED) is 0.913. The van der Waals surface area contributed by atoms with Crippen LogP contribution in [0.15, 0.2) is 27.5 Å². The highest BCUT2D eigenvalue weighted by Gasteiger charge is 2.22. The molecule has 2 aromatic rings. The van der Waals surface area contributed by atoms with Gasteiger partial charge in [-0.05, 0) is 24.6 Å². The van der Waals surface area contributed by atoms with Gasteiger partial charge in [0.15, 0.2) is 15.4 Å². The zero-order chi connectivity index (χ0) is 15.0. The van der Waals surface area contributed by atoms with Crippen molar-refractivity contribution in [2.75, 3.05) is 18.8 Å². The van der Waals surface area contributed by atoms with Crippen LogP contribution in [0.3, 0.4) is 0 Å². The number of fused-ring (bicyclic) bond motifs is 1. The van der Waals surface area contributed by atoms with E-state index in [-0.39, 0.29) is 16.8 Å². The Morgan fingerprint density at radius 3 is 2.95 bits per heavy atom. The molecule has 0 bridgehead atoms. The van der Waals surface area contributed by atoms with Gasteiger partial charge in [-0.3, -0.25) is 4.90 Å². The Bertz CT molecular complexity index is 753. The average Bonchev–Trinajstić information content (AvgIpc) is 3.03. The molecule has 1 aliphatic heterocycles. The Labute approximate surface area is 123 Å². The van der Waals surface area contributed by atoms with Crippen molar-refractivity contribution in [1.82, 2.24) is 9.88 Å². The zero-order valence-electron chi connectivity index (χ0n) is 11.8. The highest BCUT2D eigenvalue weighted by molar-refractivity contribution is 7.91. The number of nitrogens with zero attached hydrogens (tertiary/aromatic N) is 2. The number of aliphatic hydroxyl groups excluding tert-OH is 1. The first-order valence-electron chi connectivity index (χ1n) is 7.00. The maximum atomic E-state index is 11.9. The summed E-state index contributed by atoms with van der Waals surface area (Å²) in [4.78, 5) is 6.70. The van der Waals surface area contributed by atoms with Gasteiger partial charge in [-0.25, -0.2) is 13.4 Å². The van der Waals surface area contributed by atoms with Gasteiger partial charge in [-0.2, -0.15) is 0 Å². The molecule has 1 fully saturated rings. The monoisotopic (exact) mass is 310 g/mol. The third kappa shape index (κ3) is 2.95. The van der Waals surface area contributed by atoms with E-state index in [1.54, 1.807) is 25.1 Å². The number of sulfone groups is 1. The van der Waals surface area contributed by atoms with Gasteiger partial charge >= 0.3 is 0 Å². The molecule has 2 heterocycles. The molecule has 0 unspecified atom stereocenters. The molecular formula is C14H18N2O4S. The molecule has 1 aromatic heterocycles. The first-order valence-corrected chi connectivity index (χ1v) is 8.66. The minimum Gasteiger partial charge on any atom is -0.439 e. The van der Waals surface area contributed by atoms with E-state index in [1.165, 1.54) is 0 Å². The molecule has 6 nitrogen and oxygen atoms in total. The van der Waals surface area contributed by atoms with Crippen LogP contribution < -0.4 is 0 Å². The second kappa shape index (κ2) is 5.40. The van der Waals surface area contributed by atoms with Crippen LogP contribution in [0.4, 0.5) is 0 Å². The summed E-state index contributed by atoms with van der Waals surface area (Å²) in [5.41, 5.74) is 1.14. The Hall–Kier alpha value is -1.44. The van der Waals surface area contributed by atoms with E-state index in [9.17, 15) is 13.5 Å². The standard InChI is InChI=1S/C14H18N2O4S/c1-2-21(18,19)11-3-4-13-12(7-11)15-14(20-13)9-16-6-5-10(17)8-16/h3-4,7,10,17H,2,5-6,8-9H2,1H3/t10-/m0/s1. The summed E-state index contributed by atoms with van der Waals surface area (Å²) < 4.78 is 29.4.